The van der Waals surface area contributed by atoms with Gasteiger partial charge in [-0.2, -0.15) is 0 Å². The molecule has 0 heterocycles. The van der Waals surface area contributed by atoms with Gasteiger partial charge in [0.25, 0.3) is 0 Å². The number of benzene rings is 1. The van der Waals surface area contributed by atoms with Gasteiger partial charge in [-0.25, -0.2) is 8.78 Å². The molecule has 0 aliphatic carbocycles. The molecular weight excluding hydrogens is 226 g/mol. The summed E-state index contributed by atoms with van der Waals surface area (Å²) in [6, 6.07) is 1.66. The Kier molecular flexibility index (Phi) is 4.43. The molecule has 0 radical (unpaired) electrons. The zero-order valence-corrected chi connectivity index (χ0v) is 9.89. The van der Waals surface area contributed by atoms with Gasteiger partial charge in [0, 0.05) is 12.5 Å². The van der Waals surface area contributed by atoms with Gasteiger partial charge in [0.2, 0.25) is 5.91 Å². The van der Waals surface area contributed by atoms with E-state index in [1.165, 1.54) is 0 Å². The van der Waals surface area contributed by atoms with Crippen LogP contribution in [0.2, 0.25) is 0 Å². The number of rotatable bonds is 4. The topological polar surface area (TPSA) is 55.1 Å². The van der Waals surface area contributed by atoms with Gasteiger partial charge in [-0.1, -0.05) is 20.3 Å². The highest BCUT2D eigenvalue weighted by molar-refractivity contribution is 5.94. The summed E-state index contributed by atoms with van der Waals surface area (Å²) in [6.07, 6.45) is 1.14. The maximum absolute atomic E-state index is 13.4. The molecule has 1 unspecified atom stereocenters. The zero-order chi connectivity index (χ0) is 13.0. The molecule has 17 heavy (non-hydrogen) atoms. The summed E-state index contributed by atoms with van der Waals surface area (Å²) in [5.41, 5.74) is 5.17. The van der Waals surface area contributed by atoms with Crippen molar-refractivity contribution in [2.75, 3.05) is 11.1 Å². The number of hydrogen-bond donors (Lipinski definition) is 2. The van der Waals surface area contributed by atoms with Crippen LogP contribution >= 0.6 is 0 Å². The molecule has 3 nitrogen and oxygen atoms in total. The fourth-order valence-electron chi connectivity index (χ4n) is 1.38. The van der Waals surface area contributed by atoms with Crippen LogP contribution in [-0.2, 0) is 4.79 Å². The minimum atomic E-state index is -0.861. The highest BCUT2D eigenvalue weighted by Crippen LogP contribution is 2.24. The molecule has 0 bridgehead atoms. The second kappa shape index (κ2) is 5.61. The van der Waals surface area contributed by atoms with Gasteiger partial charge in [0.1, 0.15) is 11.5 Å². The normalized spacial score (nSPS) is 12.2. The summed E-state index contributed by atoms with van der Waals surface area (Å²) < 4.78 is 26.1. The Morgan fingerprint density at radius 1 is 1.47 bits per heavy atom. The van der Waals surface area contributed by atoms with Gasteiger partial charge in [-0.05, 0) is 12.0 Å². The lowest BCUT2D eigenvalue weighted by atomic mass is 10.0. The summed E-state index contributed by atoms with van der Waals surface area (Å²) in [7, 11) is 0. The molecular formula is C12H16F2N2O. The third-order valence-corrected chi connectivity index (χ3v) is 2.58. The van der Waals surface area contributed by atoms with Crippen LogP contribution in [0.1, 0.15) is 26.7 Å². The molecule has 3 N–H and O–H groups in total. The molecule has 1 rings (SSSR count). The standard InChI is InChI=1S/C12H16F2N2O/c1-3-7(2)4-11(17)16-12-9(14)5-8(13)6-10(12)15/h5-7H,3-4,15H2,1-2H3,(H,16,17). The Balaban J connectivity index is 2.78. The van der Waals surface area contributed by atoms with E-state index >= 15 is 0 Å². The van der Waals surface area contributed by atoms with Gasteiger partial charge in [-0.15, -0.1) is 0 Å². The Bertz CT molecular complexity index is 398. The average molecular weight is 242 g/mol. The molecule has 0 spiro atoms. The summed E-state index contributed by atoms with van der Waals surface area (Å²) >= 11 is 0. The minimum Gasteiger partial charge on any atom is -0.397 e. The van der Waals surface area contributed by atoms with Gasteiger partial charge in [0.15, 0.2) is 5.82 Å². The van der Waals surface area contributed by atoms with Gasteiger partial charge >= 0.3 is 0 Å². The largest absolute Gasteiger partial charge is 0.397 e. The first-order chi connectivity index (χ1) is 7.93. The van der Waals surface area contributed by atoms with Gasteiger partial charge in [0.05, 0.1) is 5.69 Å². The van der Waals surface area contributed by atoms with Crippen LogP contribution in [0.5, 0.6) is 0 Å². The van der Waals surface area contributed by atoms with Crippen LogP contribution < -0.4 is 11.1 Å². The van der Waals surface area contributed by atoms with E-state index in [0.717, 1.165) is 12.5 Å². The number of nitrogens with two attached hydrogens (primary N) is 1. The molecule has 1 amide bonds. The predicted octanol–water partition coefficient (Wildman–Crippen LogP) is 2.92. The number of anilines is 2. The molecule has 0 aliphatic heterocycles. The lowest BCUT2D eigenvalue weighted by molar-refractivity contribution is -0.117. The van der Waals surface area contributed by atoms with Crippen molar-refractivity contribution in [2.45, 2.75) is 26.7 Å². The lowest BCUT2D eigenvalue weighted by Crippen LogP contribution is -2.17. The highest BCUT2D eigenvalue weighted by Gasteiger charge is 2.13. The smallest absolute Gasteiger partial charge is 0.224 e. The van der Waals surface area contributed by atoms with Crippen molar-refractivity contribution in [2.24, 2.45) is 5.92 Å². The van der Waals surface area contributed by atoms with Crippen LogP contribution in [0.15, 0.2) is 12.1 Å². The van der Waals surface area contributed by atoms with Crippen LogP contribution in [-0.4, -0.2) is 5.91 Å². The SMILES string of the molecule is CCC(C)CC(=O)Nc1c(N)cc(F)cc1F. The number of nitrogen functional groups attached to an aromatic ring is 1. The molecule has 0 aliphatic rings. The monoisotopic (exact) mass is 242 g/mol. The number of carbonyl (C=O) groups excluding carboxylic acids is 1. The van der Waals surface area contributed by atoms with E-state index in [2.05, 4.69) is 5.32 Å². The fraction of sp³-hybridized carbons (Fsp3) is 0.417. The van der Waals surface area contributed by atoms with Gasteiger partial charge in [-0.3, -0.25) is 4.79 Å². The van der Waals surface area contributed by atoms with Crippen LogP contribution in [0.3, 0.4) is 0 Å². The first-order valence-electron chi connectivity index (χ1n) is 5.48. The third-order valence-electron chi connectivity index (χ3n) is 2.58. The summed E-state index contributed by atoms with van der Waals surface area (Å²) in [5, 5.41) is 2.37. The summed E-state index contributed by atoms with van der Waals surface area (Å²) in [4.78, 5) is 11.5. The van der Waals surface area contributed by atoms with Crippen molar-refractivity contribution in [3.63, 3.8) is 0 Å². The zero-order valence-electron chi connectivity index (χ0n) is 9.89. The number of nitrogens with one attached hydrogen (secondary N) is 1. The average Bonchev–Trinajstić information content (AvgIpc) is 2.23. The van der Waals surface area contributed by atoms with Crippen molar-refractivity contribution in [1.29, 1.82) is 0 Å². The molecule has 5 heteroatoms. The van der Waals surface area contributed by atoms with E-state index in [4.69, 9.17) is 5.73 Å². The number of hydrogen-bond acceptors (Lipinski definition) is 2. The molecule has 1 aromatic rings. The van der Waals surface area contributed by atoms with Crippen molar-refractivity contribution in [3.8, 4) is 0 Å². The van der Waals surface area contributed by atoms with Crippen molar-refractivity contribution >= 4 is 17.3 Å². The van der Waals surface area contributed by atoms with E-state index in [-0.39, 0.29) is 29.6 Å². The first-order valence-corrected chi connectivity index (χ1v) is 5.48. The lowest BCUT2D eigenvalue weighted by Gasteiger charge is -2.11. The quantitative estimate of drug-likeness (QED) is 0.797. The second-order valence-electron chi connectivity index (χ2n) is 4.12. The number of amides is 1. The number of carbonyl (C=O) groups is 1. The minimum absolute atomic E-state index is 0.111. The Hall–Kier alpha value is -1.65. The van der Waals surface area contributed by atoms with E-state index in [0.29, 0.717) is 6.07 Å². The predicted molar refractivity (Wildman–Crippen MR) is 63.5 cm³/mol. The Labute approximate surface area is 99.0 Å². The van der Waals surface area contributed by atoms with E-state index in [1.807, 2.05) is 13.8 Å². The van der Waals surface area contributed by atoms with Crippen LogP contribution in [0.4, 0.5) is 20.2 Å². The maximum Gasteiger partial charge on any atom is 0.224 e. The van der Waals surface area contributed by atoms with Crippen LogP contribution in [0.25, 0.3) is 0 Å². The van der Waals surface area contributed by atoms with E-state index in [9.17, 15) is 13.6 Å². The maximum atomic E-state index is 13.4. The van der Waals surface area contributed by atoms with Gasteiger partial charge < -0.3 is 11.1 Å². The molecule has 0 saturated heterocycles. The molecule has 0 saturated carbocycles. The van der Waals surface area contributed by atoms with Crippen LogP contribution in [0, 0.1) is 17.6 Å². The summed E-state index contributed by atoms with van der Waals surface area (Å²) in [6.45, 7) is 3.88. The molecule has 1 aromatic carbocycles. The Morgan fingerprint density at radius 2 is 2.12 bits per heavy atom. The van der Waals surface area contributed by atoms with Crippen molar-refractivity contribution in [3.05, 3.63) is 23.8 Å². The molecule has 1 atom stereocenters. The Morgan fingerprint density at radius 3 is 2.65 bits per heavy atom. The molecule has 0 fully saturated rings. The number of halogens is 2. The fourth-order valence-corrected chi connectivity index (χ4v) is 1.38. The summed E-state index contributed by atoms with van der Waals surface area (Å²) in [5.74, 6) is -1.74. The molecule has 0 aromatic heterocycles. The molecule has 94 valence electrons. The highest BCUT2D eigenvalue weighted by atomic mass is 19.1. The third kappa shape index (κ3) is 3.69. The second-order valence-corrected chi connectivity index (χ2v) is 4.12. The van der Waals surface area contributed by atoms with Crippen molar-refractivity contribution in [1.82, 2.24) is 0 Å². The first kappa shape index (κ1) is 13.4. The van der Waals surface area contributed by atoms with Crippen molar-refractivity contribution < 1.29 is 13.6 Å². The van der Waals surface area contributed by atoms with E-state index < -0.39 is 11.6 Å². The van der Waals surface area contributed by atoms with E-state index in [1.54, 1.807) is 0 Å².